The molecule has 0 fully saturated rings. The fraction of sp³-hybridized carbons (Fsp3) is 0.782. The van der Waals surface area contributed by atoms with E-state index in [1.54, 1.807) is 0 Å². The average Bonchev–Trinajstić information content (AvgIpc) is 3.25. The lowest BCUT2D eigenvalue weighted by atomic mass is 10.0. The molecule has 5 nitrogen and oxygen atoms in total. The summed E-state index contributed by atoms with van der Waals surface area (Å²) in [6.45, 7) is 7.64. The number of carbonyl (C=O) groups is 2. The van der Waals surface area contributed by atoms with Gasteiger partial charge in [-0.05, 0) is 83.5 Å². The van der Waals surface area contributed by atoms with Crippen molar-refractivity contribution in [2.75, 3.05) is 19.8 Å². The number of esters is 2. The van der Waals surface area contributed by atoms with Gasteiger partial charge < -0.3 is 14.2 Å². The van der Waals surface area contributed by atoms with E-state index in [1.165, 1.54) is 128 Å². The van der Waals surface area contributed by atoms with Crippen LogP contribution in [0.3, 0.4) is 0 Å². The molecular formula is C55H98O5. The summed E-state index contributed by atoms with van der Waals surface area (Å²) in [5.74, 6) is -0.418. The molecule has 0 saturated carbocycles. The molecule has 0 saturated heterocycles. The second kappa shape index (κ2) is 51.0. The van der Waals surface area contributed by atoms with Gasteiger partial charge in [-0.2, -0.15) is 0 Å². The summed E-state index contributed by atoms with van der Waals surface area (Å²) in [6.07, 6.45) is 63.7. The lowest BCUT2D eigenvalue weighted by molar-refractivity contribution is -0.163. The van der Waals surface area contributed by atoms with E-state index in [0.29, 0.717) is 19.4 Å². The second-order valence-corrected chi connectivity index (χ2v) is 17.0. The minimum absolute atomic E-state index is 0.0707. The van der Waals surface area contributed by atoms with Gasteiger partial charge in [-0.1, -0.05) is 216 Å². The smallest absolute Gasteiger partial charge is 0.306 e. The van der Waals surface area contributed by atoms with Crippen LogP contribution in [0, 0.1) is 0 Å². The SMILES string of the molecule is CC/C=C\C/C=C\C/C=C\C/C=C\CCCCCOCC(COC(=O)CCCCCCCCCCCCCCCCC)OC(=O)CCCCCCC/C=C\CCCCCC. The predicted molar refractivity (Wildman–Crippen MR) is 261 cm³/mol. The summed E-state index contributed by atoms with van der Waals surface area (Å²) in [4.78, 5) is 25.4. The molecule has 0 aliphatic carbocycles. The average molecular weight is 839 g/mol. The number of ether oxygens (including phenoxy) is 3. The van der Waals surface area contributed by atoms with Gasteiger partial charge in [-0.15, -0.1) is 0 Å². The Morgan fingerprint density at radius 1 is 0.383 bits per heavy atom. The highest BCUT2D eigenvalue weighted by Gasteiger charge is 2.17. The topological polar surface area (TPSA) is 61.8 Å². The van der Waals surface area contributed by atoms with Crippen LogP contribution < -0.4 is 0 Å². The number of unbranched alkanes of at least 4 members (excludes halogenated alkanes) is 26. The molecule has 1 unspecified atom stereocenters. The van der Waals surface area contributed by atoms with Crippen molar-refractivity contribution in [3.63, 3.8) is 0 Å². The lowest BCUT2D eigenvalue weighted by Gasteiger charge is -2.18. The van der Waals surface area contributed by atoms with Gasteiger partial charge in [0.2, 0.25) is 0 Å². The van der Waals surface area contributed by atoms with Gasteiger partial charge in [0.15, 0.2) is 6.10 Å². The van der Waals surface area contributed by atoms with E-state index < -0.39 is 6.10 Å². The molecule has 0 aromatic rings. The third-order valence-corrected chi connectivity index (χ3v) is 11.0. The Labute approximate surface area is 373 Å². The van der Waals surface area contributed by atoms with Crippen molar-refractivity contribution in [1.82, 2.24) is 0 Å². The Balaban J connectivity index is 4.31. The van der Waals surface area contributed by atoms with Crippen LogP contribution >= 0.6 is 0 Å². The Kier molecular flexibility index (Phi) is 48.9. The molecule has 0 rings (SSSR count). The number of carbonyl (C=O) groups excluding carboxylic acids is 2. The molecule has 0 N–H and O–H groups in total. The molecule has 0 aromatic heterocycles. The molecule has 1 atom stereocenters. The van der Waals surface area contributed by atoms with E-state index in [2.05, 4.69) is 81.5 Å². The molecule has 0 aliphatic heterocycles. The van der Waals surface area contributed by atoms with Gasteiger partial charge in [0.1, 0.15) is 6.61 Å². The Morgan fingerprint density at radius 3 is 1.23 bits per heavy atom. The molecule has 0 aromatic carbocycles. The fourth-order valence-electron chi connectivity index (χ4n) is 7.20. The van der Waals surface area contributed by atoms with Crippen LogP contribution in [-0.4, -0.2) is 37.9 Å². The second-order valence-electron chi connectivity index (χ2n) is 17.0. The van der Waals surface area contributed by atoms with Gasteiger partial charge in [0.25, 0.3) is 0 Å². The van der Waals surface area contributed by atoms with Crippen LogP contribution in [0.1, 0.15) is 252 Å². The van der Waals surface area contributed by atoms with Crippen molar-refractivity contribution in [2.24, 2.45) is 0 Å². The standard InChI is InChI=1S/C55H98O5/c1-4-7-10-13-16-19-22-25-27-29-32-35-38-41-44-47-50-58-51-53(60-55(57)49-46-43-40-37-34-30-24-21-18-15-12-9-6-3)52-59-54(56)48-45-42-39-36-33-31-28-26-23-20-17-14-11-8-5-2/h7,10,16,19,21,24-25,27,32,35,53H,4-6,8-9,11-15,17-18,20,22-23,26,28-31,33-34,36-52H2,1-3H3/b10-7-,19-16-,24-21-,27-25-,35-32-. The molecule has 0 radical (unpaired) electrons. The molecule has 0 heterocycles. The quantitative estimate of drug-likeness (QED) is 0.0347. The van der Waals surface area contributed by atoms with Crippen LogP contribution in [0.25, 0.3) is 0 Å². The van der Waals surface area contributed by atoms with Crippen LogP contribution in [0.15, 0.2) is 60.8 Å². The van der Waals surface area contributed by atoms with Crippen molar-refractivity contribution in [1.29, 1.82) is 0 Å². The van der Waals surface area contributed by atoms with Gasteiger partial charge in [-0.3, -0.25) is 9.59 Å². The Morgan fingerprint density at radius 2 is 0.750 bits per heavy atom. The highest BCUT2D eigenvalue weighted by Crippen LogP contribution is 2.15. The maximum atomic E-state index is 12.8. The van der Waals surface area contributed by atoms with Crippen molar-refractivity contribution in [3.8, 4) is 0 Å². The zero-order valence-corrected chi connectivity index (χ0v) is 40.0. The van der Waals surface area contributed by atoms with E-state index in [0.717, 1.165) is 89.9 Å². The summed E-state index contributed by atoms with van der Waals surface area (Å²) < 4.78 is 17.4. The number of hydrogen-bond acceptors (Lipinski definition) is 5. The predicted octanol–water partition coefficient (Wildman–Crippen LogP) is 17.3. The van der Waals surface area contributed by atoms with Gasteiger partial charge in [0.05, 0.1) is 6.61 Å². The van der Waals surface area contributed by atoms with E-state index in [9.17, 15) is 9.59 Å². The first kappa shape index (κ1) is 57.6. The zero-order chi connectivity index (χ0) is 43.5. The first-order valence-electron chi connectivity index (χ1n) is 25.8. The highest BCUT2D eigenvalue weighted by atomic mass is 16.6. The van der Waals surface area contributed by atoms with Crippen LogP contribution in [0.5, 0.6) is 0 Å². The molecular weight excluding hydrogens is 741 g/mol. The first-order chi connectivity index (χ1) is 29.6. The largest absolute Gasteiger partial charge is 0.462 e. The number of allylic oxidation sites excluding steroid dienone is 10. The van der Waals surface area contributed by atoms with E-state index >= 15 is 0 Å². The maximum Gasteiger partial charge on any atom is 0.306 e. The minimum Gasteiger partial charge on any atom is -0.462 e. The molecule has 0 spiro atoms. The summed E-state index contributed by atoms with van der Waals surface area (Å²) in [5.41, 5.74) is 0. The van der Waals surface area contributed by atoms with E-state index in [1.807, 2.05) is 0 Å². The van der Waals surface area contributed by atoms with Crippen molar-refractivity contribution in [2.45, 2.75) is 258 Å². The molecule has 0 bridgehead atoms. The molecule has 60 heavy (non-hydrogen) atoms. The summed E-state index contributed by atoms with van der Waals surface area (Å²) in [5, 5.41) is 0. The van der Waals surface area contributed by atoms with Crippen molar-refractivity contribution >= 4 is 11.9 Å². The summed E-state index contributed by atoms with van der Waals surface area (Å²) in [7, 11) is 0. The Hall–Kier alpha value is -2.40. The van der Waals surface area contributed by atoms with Crippen molar-refractivity contribution in [3.05, 3.63) is 60.8 Å². The Bertz CT molecular complexity index is 1040. The van der Waals surface area contributed by atoms with Gasteiger partial charge in [-0.25, -0.2) is 0 Å². The normalized spacial score (nSPS) is 12.7. The number of hydrogen-bond donors (Lipinski definition) is 0. The third kappa shape index (κ3) is 48.3. The zero-order valence-electron chi connectivity index (χ0n) is 40.0. The van der Waals surface area contributed by atoms with Crippen LogP contribution in [0.2, 0.25) is 0 Å². The fourth-order valence-corrected chi connectivity index (χ4v) is 7.20. The first-order valence-corrected chi connectivity index (χ1v) is 25.8. The highest BCUT2D eigenvalue weighted by molar-refractivity contribution is 5.70. The monoisotopic (exact) mass is 839 g/mol. The lowest BCUT2D eigenvalue weighted by Crippen LogP contribution is -2.30. The summed E-state index contributed by atoms with van der Waals surface area (Å²) >= 11 is 0. The third-order valence-electron chi connectivity index (χ3n) is 11.0. The van der Waals surface area contributed by atoms with Gasteiger partial charge in [0, 0.05) is 19.4 Å². The number of rotatable bonds is 47. The maximum absolute atomic E-state index is 12.8. The van der Waals surface area contributed by atoms with Crippen LogP contribution in [0.4, 0.5) is 0 Å². The van der Waals surface area contributed by atoms with E-state index in [-0.39, 0.29) is 25.2 Å². The van der Waals surface area contributed by atoms with E-state index in [4.69, 9.17) is 14.2 Å². The molecule has 0 aliphatic rings. The molecule has 348 valence electrons. The van der Waals surface area contributed by atoms with Crippen molar-refractivity contribution < 1.29 is 23.8 Å². The minimum atomic E-state index is -0.555. The summed E-state index contributed by atoms with van der Waals surface area (Å²) in [6, 6.07) is 0. The molecule has 0 amide bonds. The van der Waals surface area contributed by atoms with Crippen LogP contribution in [-0.2, 0) is 23.8 Å². The molecule has 5 heteroatoms. The van der Waals surface area contributed by atoms with Gasteiger partial charge >= 0.3 is 11.9 Å².